The monoisotopic (exact) mass is 441 g/mol. The van der Waals surface area contributed by atoms with Crippen molar-refractivity contribution in [1.82, 2.24) is 24.9 Å². The Kier molecular flexibility index (Phi) is 6.52. The van der Waals surface area contributed by atoms with Crippen LogP contribution in [0.15, 0.2) is 41.6 Å². The summed E-state index contributed by atoms with van der Waals surface area (Å²) in [6, 6.07) is 4.68. The van der Waals surface area contributed by atoms with Gasteiger partial charge in [0.1, 0.15) is 24.7 Å². The third-order valence-corrected chi connectivity index (χ3v) is 5.31. The van der Waals surface area contributed by atoms with E-state index in [2.05, 4.69) is 20.0 Å². The predicted molar refractivity (Wildman–Crippen MR) is 97.9 cm³/mol. The highest BCUT2D eigenvalue weighted by molar-refractivity contribution is 7.89. The molecule has 0 unspecified atom stereocenters. The number of benzene rings is 1. The molecule has 1 aromatic heterocycles. The third-order valence-electron chi connectivity index (χ3n) is 3.91. The summed E-state index contributed by atoms with van der Waals surface area (Å²) in [5, 5.41) is 2.15. The summed E-state index contributed by atoms with van der Waals surface area (Å²) in [6.07, 6.45) is 0.167. The molecule has 0 bridgehead atoms. The number of ether oxygens (including phenoxy) is 1. The predicted octanol–water partition coefficient (Wildman–Crippen LogP) is 0.651. The van der Waals surface area contributed by atoms with Gasteiger partial charge in [0.25, 0.3) is 6.43 Å². The second-order valence-corrected chi connectivity index (χ2v) is 7.99. The number of carbonyl (C=O) groups is 2. The first-order valence-corrected chi connectivity index (χ1v) is 10.1. The van der Waals surface area contributed by atoms with Crippen LogP contribution in [0.25, 0.3) is 0 Å². The number of nitrogens with zero attached hydrogens (tertiary/aromatic N) is 3. The molecule has 0 aliphatic carbocycles. The van der Waals surface area contributed by atoms with Crippen LogP contribution < -0.4 is 14.8 Å². The second-order valence-electron chi connectivity index (χ2n) is 6.22. The molecule has 2 heterocycles. The second kappa shape index (κ2) is 9.09. The summed E-state index contributed by atoms with van der Waals surface area (Å²) in [5.74, 6) is -0.215. The summed E-state index contributed by atoms with van der Waals surface area (Å²) in [4.78, 5) is 31.9. The van der Waals surface area contributed by atoms with E-state index in [1.807, 2.05) is 0 Å². The van der Waals surface area contributed by atoms with Crippen LogP contribution in [0.2, 0.25) is 0 Å². The maximum absolute atomic E-state index is 12.4. The molecule has 0 spiro atoms. The Morgan fingerprint density at radius 1 is 1.23 bits per heavy atom. The quantitative estimate of drug-likeness (QED) is 0.547. The molecular formula is C17H17F2N5O5S. The van der Waals surface area contributed by atoms with Gasteiger partial charge in [-0.25, -0.2) is 36.7 Å². The fraction of sp³-hybridized carbons (Fsp3) is 0.294. The molecule has 1 saturated heterocycles. The number of hydrogen-bond donors (Lipinski definition) is 2. The van der Waals surface area contributed by atoms with Gasteiger partial charge in [-0.05, 0) is 12.1 Å². The molecular weight excluding hydrogens is 424 g/mol. The molecule has 0 saturated carbocycles. The number of carbonyl (C=O) groups excluding carboxylic acids is 2. The highest BCUT2D eigenvalue weighted by Gasteiger charge is 2.26. The number of urea groups is 1. The standard InChI is InChI=1S/C17H17F2N5O5S/c18-14(19)10-29-12-2-1-3-13(4-12)30(27,28)22-7-15-20-5-11(6-21-15)8-24-9-16(25)23-17(24)26/h1-6,14,22H,7-10H2,(H,23,25,26). The smallest absolute Gasteiger partial charge is 0.324 e. The van der Waals surface area contributed by atoms with Crippen LogP contribution in [-0.2, 0) is 27.9 Å². The zero-order valence-electron chi connectivity index (χ0n) is 15.4. The number of rotatable bonds is 9. The number of nitrogens with one attached hydrogen (secondary N) is 2. The normalized spacial score (nSPS) is 14.3. The summed E-state index contributed by atoms with van der Waals surface area (Å²) in [5.41, 5.74) is 0.565. The lowest BCUT2D eigenvalue weighted by Crippen LogP contribution is -2.28. The van der Waals surface area contributed by atoms with Crippen molar-refractivity contribution in [2.24, 2.45) is 0 Å². The Balaban J connectivity index is 1.58. The van der Waals surface area contributed by atoms with E-state index in [0.29, 0.717) is 5.56 Å². The fourth-order valence-electron chi connectivity index (χ4n) is 2.52. The molecule has 2 aromatic rings. The minimum absolute atomic E-state index is 0.00297. The van der Waals surface area contributed by atoms with E-state index >= 15 is 0 Å². The van der Waals surface area contributed by atoms with Gasteiger partial charge >= 0.3 is 6.03 Å². The zero-order valence-corrected chi connectivity index (χ0v) is 16.2. The molecule has 3 rings (SSSR count). The summed E-state index contributed by atoms with van der Waals surface area (Å²) in [6.45, 7) is -0.979. The highest BCUT2D eigenvalue weighted by atomic mass is 32.2. The molecule has 13 heteroatoms. The molecule has 1 aliphatic heterocycles. The topological polar surface area (TPSA) is 131 Å². The number of alkyl halides is 2. The number of sulfonamides is 1. The van der Waals surface area contributed by atoms with Gasteiger partial charge in [-0.15, -0.1) is 0 Å². The number of imide groups is 1. The van der Waals surface area contributed by atoms with Crippen molar-refractivity contribution in [2.45, 2.75) is 24.4 Å². The molecule has 0 atom stereocenters. The van der Waals surface area contributed by atoms with Gasteiger partial charge < -0.3 is 9.64 Å². The molecule has 3 amide bonds. The van der Waals surface area contributed by atoms with Crippen LogP contribution in [-0.4, -0.2) is 54.8 Å². The van der Waals surface area contributed by atoms with Crippen LogP contribution in [0.4, 0.5) is 13.6 Å². The first kappa shape index (κ1) is 21.5. The number of amides is 3. The molecule has 1 aromatic carbocycles. The van der Waals surface area contributed by atoms with Crippen LogP contribution in [0.3, 0.4) is 0 Å². The van der Waals surface area contributed by atoms with E-state index in [-0.39, 0.29) is 36.1 Å². The molecule has 160 valence electrons. The van der Waals surface area contributed by atoms with Gasteiger partial charge in [0.15, 0.2) is 0 Å². The molecule has 30 heavy (non-hydrogen) atoms. The molecule has 1 fully saturated rings. The number of hydrogen-bond acceptors (Lipinski definition) is 7. The maximum atomic E-state index is 12.4. The van der Waals surface area contributed by atoms with Crippen LogP contribution in [0, 0.1) is 0 Å². The van der Waals surface area contributed by atoms with E-state index < -0.39 is 35.0 Å². The van der Waals surface area contributed by atoms with Crippen molar-refractivity contribution in [3.63, 3.8) is 0 Å². The summed E-state index contributed by atoms with van der Waals surface area (Å²) in [7, 11) is -3.96. The average Bonchev–Trinajstić information content (AvgIpc) is 3.03. The van der Waals surface area contributed by atoms with E-state index in [1.165, 1.54) is 35.5 Å². The van der Waals surface area contributed by atoms with Gasteiger partial charge in [0, 0.05) is 24.0 Å². The molecule has 1 aliphatic rings. The van der Waals surface area contributed by atoms with Crippen molar-refractivity contribution in [1.29, 1.82) is 0 Å². The molecule has 2 N–H and O–H groups in total. The van der Waals surface area contributed by atoms with Crippen LogP contribution in [0.5, 0.6) is 5.75 Å². The maximum Gasteiger partial charge on any atom is 0.324 e. The van der Waals surface area contributed by atoms with Crippen LogP contribution in [0.1, 0.15) is 11.4 Å². The Morgan fingerprint density at radius 3 is 2.60 bits per heavy atom. The first-order valence-electron chi connectivity index (χ1n) is 8.62. The van der Waals surface area contributed by atoms with Crippen molar-refractivity contribution < 1.29 is 31.5 Å². The number of aromatic nitrogens is 2. The third kappa shape index (κ3) is 5.67. The summed E-state index contributed by atoms with van der Waals surface area (Å²) < 4.78 is 56.4. The molecule has 10 nitrogen and oxygen atoms in total. The van der Waals surface area contributed by atoms with Gasteiger partial charge in [0.2, 0.25) is 15.9 Å². The van der Waals surface area contributed by atoms with Crippen molar-refractivity contribution in [2.75, 3.05) is 13.2 Å². The lowest BCUT2D eigenvalue weighted by Gasteiger charge is -2.12. The Bertz CT molecular complexity index is 1030. The Hall–Kier alpha value is -3.19. The van der Waals surface area contributed by atoms with Gasteiger partial charge in [-0.1, -0.05) is 6.07 Å². The largest absolute Gasteiger partial charge is 0.488 e. The first-order chi connectivity index (χ1) is 14.2. The summed E-state index contributed by atoms with van der Waals surface area (Å²) >= 11 is 0. The van der Waals surface area contributed by atoms with Crippen molar-refractivity contribution in [3.05, 3.63) is 48.0 Å². The molecule has 0 radical (unpaired) electrons. The highest BCUT2D eigenvalue weighted by Crippen LogP contribution is 2.18. The van der Waals surface area contributed by atoms with Gasteiger partial charge in [0.05, 0.1) is 18.0 Å². The Labute approximate surface area is 170 Å². The van der Waals surface area contributed by atoms with E-state index in [4.69, 9.17) is 4.74 Å². The number of halogens is 2. The Morgan fingerprint density at radius 2 is 1.97 bits per heavy atom. The van der Waals surface area contributed by atoms with Gasteiger partial charge in [-0.2, -0.15) is 0 Å². The van der Waals surface area contributed by atoms with E-state index in [1.54, 1.807) is 0 Å². The lowest BCUT2D eigenvalue weighted by molar-refractivity contribution is -0.118. The minimum Gasteiger partial charge on any atom is -0.488 e. The SMILES string of the molecule is O=C1CN(Cc2cnc(CNS(=O)(=O)c3cccc(OCC(F)F)c3)nc2)C(=O)N1. The minimum atomic E-state index is -3.96. The van der Waals surface area contributed by atoms with Crippen LogP contribution >= 0.6 is 0 Å². The van der Waals surface area contributed by atoms with E-state index in [0.717, 1.165) is 6.07 Å². The average molecular weight is 441 g/mol. The van der Waals surface area contributed by atoms with Gasteiger partial charge in [-0.3, -0.25) is 10.1 Å². The fourth-order valence-corrected chi connectivity index (χ4v) is 3.53. The van der Waals surface area contributed by atoms with E-state index in [9.17, 15) is 26.8 Å². The van der Waals surface area contributed by atoms with Crippen molar-refractivity contribution >= 4 is 22.0 Å². The lowest BCUT2D eigenvalue weighted by atomic mass is 10.3. The van der Waals surface area contributed by atoms with Crippen molar-refractivity contribution in [3.8, 4) is 5.75 Å². The zero-order chi connectivity index (χ0) is 21.7.